The fourth-order valence-electron chi connectivity index (χ4n) is 3.46. The van der Waals surface area contributed by atoms with Gasteiger partial charge in [-0.15, -0.1) is 0 Å². The SMILES string of the molecule is CC1CCC(NCC2CCCCS2)c2ccccc21. The van der Waals surface area contributed by atoms with E-state index in [1.165, 1.54) is 44.4 Å². The van der Waals surface area contributed by atoms with Crippen molar-refractivity contribution < 1.29 is 0 Å². The minimum Gasteiger partial charge on any atom is -0.309 e. The Hall–Kier alpha value is -0.470. The first-order chi connectivity index (χ1) is 9.34. The molecule has 0 saturated carbocycles. The number of hydrogen-bond acceptors (Lipinski definition) is 2. The van der Waals surface area contributed by atoms with Crippen molar-refractivity contribution in [3.63, 3.8) is 0 Å². The monoisotopic (exact) mass is 275 g/mol. The van der Waals surface area contributed by atoms with Crippen molar-refractivity contribution >= 4 is 11.8 Å². The summed E-state index contributed by atoms with van der Waals surface area (Å²) in [6.07, 6.45) is 6.88. The van der Waals surface area contributed by atoms with Crippen LogP contribution in [0.3, 0.4) is 0 Å². The number of thioether (sulfide) groups is 1. The summed E-state index contributed by atoms with van der Waals surface area (Å²) in [7, 11) is 0. The van der Waals surface area contributed by atoms with E-state index >= 15 is 0 Å². The van der Waals surface area contributed by atoms with E-state index in [0.29, 0.717) is 6.04 Å². The molecule has 3 rings (SSSR count). The Balaban J connectivity index is 1.64. The third-order valence-corrected chi connectivity index (χ3v) is 6.05. The topological polar surface area (TPSA) is 12.0 Å². The zero-order valence-corrected chi connectivity index (χ0v) is 12.7. The smallest absolute Gasteiger partial charge is 0.0323 e. The molecule has 19 heavy (non-hydrogen) atoms. The quantitative estimate of drug-likeness (QED) is 0.871. The second-order valence-electron chi connectivity index (χ2n) is 6.06. The standard InChI is InChI=1S/C17H25NS/c1-13-9-10-17(16-8-3-2-7-15(13)16)18-12-14-6-4-5-11-19-14/h2-3,7-8,13-14,17-18H,4-6,9-12H2,1H3. The Morgan fingerprint density at radius 2 is 1.95 bits per heavy atom. The Bertz CT molecular complexity index is 411. The van der Waals surface area contributed by atoms with Gasteiger partial charge in [-0.3, -0.25) is 0 Å². The van der Waals surface area contributed by atoms with Crippen LogP contribution in [0.15, 0.2) is 24.3 Å². The summed E-state index contributed by atoms with van der Waals surface area (Å²) in [5.74, 6) is 2.10. The van der Waals surface area contributed by atoms with Gasteiger partial charge in [0.05, 0.1) is 0 Å². The minimum absolute atomic E-state index is 0.593. The first kappa shape index (κ1) is 13.5. The van der Waals surface area contributed by atoms with Crippen LogP contribution in [0.4, 0.5) is 0 Å². The first-order valence-electron chi connectivity index (χ1n) is 7.78. The molecule has 0 bridgehead atoms. The molecule has 1 fully saturated rings. The van der Waals surface area contributed by atoms with Crippen LogP contribution < -0.4 is 5.32 Å². The van der Waals surface area contributed by atoms with Crippen LogP contribution in [0.1, 0.15) is 62.1 Å². The Kier molecular flexibility index (Phi) is 4.49. The lowest BCUT2D eigenvalue weighted by Crippen LogP contribution is -2.32. The Labute approximate surface area is 121 Å². The molecule has 1 aliphatic carbocycles. The number of fused-ring (bicyclic) bond motifs is 1. The molecule has 1 aromatic carbocycles. The molecule has 0 spiro atoms. The van der Waals surface area contributed by atoms with E-state index < -0.39 is 0 Å². The Morgan fingerprint density at radius 1 is 1.11 bits per heavy atom. The number of hydrogen-bond donors (Lipinski definition) is 1. The van der Waals surface area contributed by atoms with Crippen LogP contribution in [0.5, 0.6) is 0 Å². The van der Waals surface area contributed by atoms with Gasteiger partial charge in [0.25, 0.3) is 0 Å². The second-order valence-corrected chi connectivity index (χ2v) is 7.46. The van der Waals surface area contributed by atoms with Crippen LogP contribution in [-0.2, 0) is 0 Å². The third kappa shape index (κ3) is 3.17. The van der Waals surface area contributed by atoms with E-state index in [1.807, 2.05) is 0 Å². The van der Waals surface area contributed by atoms with E-state index in [1.54, 1.807) is 11.1 Å². The van der Waals surface area contributed by atoms with Crippen molar-refractivity contribution in [2.75, 3.05) is 12.3 Å². The zero-order valence-electron chi connectivity index (χ0n) is 11.9. The average molecular weight is 275 g/mol. The molecule has 1 heterocycles. The highest BCUT2D eigenvalue weighted by Gasteiger charge is 2.24. The predicted octanol–water partition coefficient (Wildman–Crippen LogP) is 4.50. The highest BCUT2D eigenvalue weighted by atomic mass is 32.2. The van der Waals surface area contributed by atoms with Gasteiger partial charge in [0.15, 0.2) is 0 Å². The van der Waals surface area contributed by atoms with E-state index in [-0.39, 0.29) is 0 Å². The van der Waals surface area contributed by atoms with Crippen LogP contribution in [0, 0.1) is 0 Å². The zero-order chi connectivity index (χ0) is 13.1. The normalized spacial score (nSPS) is 30.9. The highest BCUT2D eigenvalue weighted by molar-refractivity contribution is 7.99. The lowest BCUT2D eigenvalue weighted by atomic mass is 9.81. The van der Waals surface area contributed by atoms with E-state index in [2.05, 4.69) is 48.3 Å². The van der Waals surface area contributed by atoms with Gasteiger partial charge in [0, 0.05) is 17.8 Å². The van der Waals surface area contributed by atoms with Crippen LogP contribution in [-0.4, -0.2) is 17.5 Å². The molecule has 0 aromatic heterocycles. The summed E-state index contributed by atoms with van der Waals surface area (Å²) in [6, 6.07) is 9.63. The summed E-state index contributed by atoms with van der Waals surface area (Å²) >= 11 is 2.17. The molecule has 104 valence electrons. The molecule has 1 aromatic rings. The molecule has 2 heteroatoms. The molecule has 0 amide bonds. The third-order valence-electron chi connectivity index (χ3n) is 4.66. The van der Waals surface area contributed by atoms with Crippen molar-refractivity contribution in [3.8, 4) is 0 Å². The van der Waals surface area contributed by atoms with Crippen molar-refractivity contribution in [1.29, 1.82) is 0 Å². The van der Waals surface area contributed by atoms with E-state index in [4.69, 9.17) is 0 Å². The summed E-state index contributed by atoms with van der Waals surface area (Å²) in [5, 5.41) is 4.69. The molecular formula is C17H25NS. The number of nitrogens with one attached hydrogen (secondary N) is 1. The highest BCUT2D eigenvalue weighted by Crippen LogP contribution is 2.37. The molecule has 3 atom stereocenters. The summed E-state index contributed by atoms with van der Waals surface area (Å²) in [4.78, 5) is 0. The Morgan fingerprint density at radius 3 is 2.74 bits per heavy atom. The summed E-state index contributed by atoms with van der Waals surface area (Å²) in [6.45, 7) is 3.56. The molecule has 3 unspecified atom stereocenters. The fourth-order valence-corrected chi connectivity index (χ4v) is 4.71. The second kappa shape index (κ2) is 6.32. The molecular weight excluding hydrogens is 250 g/mol. The molecule has 1 saturated heterocycles. The van der Waals surface area contributed by atoms with Gasteiger partial charge in [-0.2, -0.15) is 11.8 Å². The van der Waals surface area contributed by atoms with Gasteiger partial charge in [0.2, 0.25) is 0 Å². The van der Waals surface area contributed by atoms with Gasteiger partial charge in [-0.05, 0) is 48.5 Å². The van der Waals surface area contributed by atoms with Gasteiger partial charge in [-0.1, -0.05) is 37.6 Å². The first-order valence-corrected chi connectivity index (χ1v) is 8.83. The van der Waals surface area contributed by atoms with E-state index in [0.717, 1.165) is 11.2 Å². The van der Waals surface area contributed by atoms with Crippen molar-refractivity contribution in [2.24, 2.45) is 0 Å². The molecule has 1 N–H and O–H groups in total. The maximum atomic E-state index is 3.85. The van der Waals surface area contributed by atoms with Crippen molar-refractivity contribution in [2.45, 2.75) is 56.2 Å². The van der Waals surface area contributed by atoms with Crippen LogP contribution in [0.25, 0.3) is 0 Å². The predicted molar refractivity (Wildman–Crippen MR) is 84.9 cm³/mol. The molecule has 2 aliphatic rings. The molecule has 1 aliphatic heterocycles. The van der Waals surface area contributed by atoms with E-state index in [9.17, 15) is 0 Å². The molecule has 1 nitrogen and oxygen atoms in total. The maximum Gasteiger partial charge on any atom is 0.0323 e. The van der Waals surface area contributed by atoms with Crippen molar-refractivity contribution in [3.05, 3.63) is 35.4 Å². The van der Waals surface area contributed by atoms with Gasteiger partial charge >= 0.3 is 0 Å². The van der Waals surface area contributed by atoms with Crippen molar-refractivity contribution in [1.82, 2.24) is 5.32 Å². The molecule has 0 radical (unpaired) electrons. The van der Waals surface area contributed by atoms with Crippen LogP contribution in [0.2, 0.25) is 0 Å². The largest absolute Gasteiger partial charge is 0.309 e. The maximum absolute atomic E-state index is 3.85. The summed E-state index contributed by atoms with van der Waals surface area (Å²) < 4.78 is 0. The number of rotatable bonds is 3. The van der Waals surface area contributed by atoms with Gasteiger partial charge < -0.3 is 5.32 Å². The average Bonchev–Trinajstić information content (AvgIpc) is 2.48. The lowest BCUT2D eigenvalue weighted by Gasteiger charge is -2.32. The fraction of sp³-hybridized carbons (Fsp3) is 0.647. The summed E-state index contributed by atoms with van der Waals surface area (Å²) in [5.41, 5.74) is 3.13. The minimum atomic E-state index is 0.593. The van der Waals surface area contributed by atoms with Crippen LogP contribution >= 0.6 is 11.8 Å². The van der Waals surface area contributed by atoms with Gasteiger partial charge in [0.1, 0.15) is 0 Å². The van der Waals surface area contributed by atoms with Gasteiger partial charge in [-0.25, -0.2) is 0 Å². The lowest BCUT2D eigenvalue weighted by molar-refractivity contribution is 0.427. The number of benzene rings is 1.